The van der Waals surface area contributed by atoms with E-state index in [0.717, 1.165) is 23.7 Å². The Morgan fingerprint density at radius 3 is 1.75 bits per heavy atom. The first-order chi connectivity index (χ1) is 15.6. The maximum Gasteiger partial charge on any atom is 0.0922 e. The largest absolute Gasteiger partial charge is 0.381 e. The van der Waals surface area contributed by atoms with Gasteiger partial charge in [0.05, 0.1) is 23.9 Å². The Balaban J connectivity index is 1.45. The van der Waals surface area contributed by atoms with E-state index in [0.29, 0.717) is 36.1 Å². The molecule has 1 heterocycles. The molecule has 4 saturated carbocycles. The predicted molar refractivity (Wildman–Crippen MR) is 130 cm³/mol. The van der Waals surface area contributed by atoms with Crippen LogP contribution >= 0.6 is 0 Å². The van der Waals surface area contributed by atoms with Crippen LogP contribution in [-0.4, -0.2) is 38.1 Å². The highest BCUT2D eigenvalue weighted by molar-refractivity contribution is 5.19. The minimum Gasteiger partial charge on any atom is -0.381 e. The van der Waals surface area contributed by atoms with Crippen molar-refractivity contribution in [2.45, 2.75) is 115 Å². The number of hydrogen-bond donors (Lipinski definition) is 0. The third-order valence-corrected chi connectivity index (χ3v) is 11.0. The summed E-state index contributed by atoms with van der Waals surface area (Å²) in [6, 6.07) is 0. The molecule has 5 aliphatic rings. The Morgan fingerprint density at radius 2 is 1.22 bits per heavy atom. The quantitative estimate of drug-likeness (QED) is 0.446. The second-order valence-corrected chi connectivity index (χ2v) is 12.1. The standard InChI is InChI=1S/C29H48O3/c1-19-20(2)26-17-18-29(21-9-13-23(30-3)14-10-21,22-11-15-24(31-4)16-12-22)32-28(26)27-8-6-5-7-25(19)27/h17-28H,5-16H2,1-4H3. The maximum absolute atomic E-state index is 7.61. The van der Waals surface area contributed by atoms with Crippen LogP contribution in [0.25, 0.3) is 0 Å². The molecule has 0 saturated heterocycles. The Kier molecular flexibility index (Phi) is 7.08. The fourth-order valence-electron chi connectivity index (χ4n) is 8.86. The number of ether oxygens (including phenoxy) is 3. The molecule has 0 aromatic heterocycles. The van der Waals surface area contributed by atoms with Crippen molar-refractivity contribution in [1.29, 1.82) is 0 Å². The predicted octanol–water partition coefficient (Wildman–Crippen LogP) is 6.80. The summed E-state index contributed by atoms with van der Waals surface area (Å²) in [6.07, 6.45) is 22.1. The highest BCUT2D eigenvalue weighted by Gasteiger charge is 2.56. The molecule has 0 aromatic rings. The van der Waals surface area contributed by atoms with E-state index in [9.17, 15) is 0 Å². The lowest BCUT2D eigenvalue weighted by Crippen LogP contribution is -2.59. The third-order valence-electron chi connectivity index (χ3n) is 11.0. The van der Waals surface area contributed by atoms with Crippen molar-refractivity contribution in [2.24, 2.45) is 41.4 Å². The Labute approximate surface area is 197 Å². The average molecular weight is 445 g/mol. The minimum atomic E-state index is -0.0547. The Hall–Kier alpha value is -0.380. The molecule has 0 spiro atoms. The molecular formula is C29H48O3. The van der Waals surface area contributed by atoms with Gasteiger partial charge in [-0.15, -0.1) is 0 Å². The zero-order chi connectivity index (χ0) is 22.3. The summed E-state index contributed by atoms with van der Waals surface area (Å²) in [5, 5.41) is 0. The smallest absolute Gasteiger partial charge is 0.0922 e. The minimum absolute atomic E-state index is 0.0547. The second kappa shape index (κ2) is 9.70. The zero-order valence-corrected chi connectivity index (χ0v) is 21.1. The molecule has 0 radical (unpaired) electrons. The molecule has 32 heavy (non-hydrogen) atoms. The fourth-order valence-corrected chi connectivity index (χ4v) is 8.86. The summed E-state index contributed by atoms with van der Waals surface area (Å²) in [5.41, 5.74) is -0.0547. The van der Waals surface area contributed by atoms with Gasteiger partial charge in [-0.3, -0.25) is 0 Å². The van der Waals surface area contributed by atoms with Crippen LogP contribution in [0.1, 0.15) is 90.9 Å². The van der Waals surface area contributed by atoms with Crippen LogP contribution in [0.15, 0.2) is 12.2 Å². The van der Waals surface area contributed by atoms with Crippen LogP contribution in [0.2, 0.25) is 0 Å². The van der Waals surface area contributed by atoms with Crippen molar-refractivity contribution in [3.05, 3.63) is 12.2 Å². The van der Waals surface area contributed by atoms with Crippen LogP contribution < -0.4 is 0 Å². The van der Waals surface area contributed by atoms with E-state index in [1.54, 1.807) is 0 Å². The van der Waals surface area contributed by atoms with Crippen molar-refractivity contribution in [2.75, 3.05) is 14.2 Å². The monoisotopic (exact) mass is 444 g/mol. The number of methoxy groups -OCH3 is 2. The first-order valence-electron chi connectivity index (χ1n) is 14.0. The molecule has 6 unspecified atom stereocenters. The maximum atomic E-state index is 7.61. The van der Waals surface area contributed by atoms with Gasteiger partial charge in [0, 0.05) is 20.1 Å². The molecule has 0 amide bonds. The van der Waals surface area contributed by atoms with E-state index >= 15 is 0 Å². The Bertz CT molecular complexity index is 619. The molecule has 4 fully saturated rings. The van der Waals surface area contributed by atoms with Crippen molar-refractivity contribution in [1.82, 2.24) is 0 Å². The fraction of sp³-hybridized carbons (Fsp3) is 0.931. The lowest BCUT2D eigenvalue weighted by Gasteiger charge is -2.59. The molecule has 0 N–H and O–H groups in total. The number of hydrogen-bond acceptors (Lipinski definition) is 3. The summed E-state index contributed by atoms with van der Waals surface area (Å²) in [7, 11) is 3.78. The van der Waals surface area contributed by atoms with E-state index in [2.05, 4.69) is 26.0 Å². The first kappa shape index (κ1) is 23.4. The summed E-state index contributed by atoms with van der Waals surface area (Å²) in [5.74, 6) is 5.12. The van der Waals surface area contributed by atoms with Gasteiger partial charge in [0.2, 0.25) is 0 Å². The molecule has 1 aliphatic heterocycles. The summed E-state index contributed by atoms with van der Waals surface area (Å²) in [6.45, 7) is 5.05. The summed E-state index contributed by atoms with van der Waals surface area (Å²) in [4.78, 5) is 0. The molecule has 0 bridgehead atoms. The highest BCUT2D eigenvalue weighted by Crippen LogP contribution is 2.56. The van der Waals surface area contributed by atoms with Gasteiger partial charge in [-0.25, -0.2) is 0 Å². The summed E-state index contributed by atoms with van der Waals surface area (Å²) < 4.78 is 19.1. The zero-order valence-electron chi connectivity index (χ0n) is 21.1. The van der Waals surface area contributed by atoms with Gasteiger partial charge in [0.15, 0.2) is 0 Å². The first-order valence-corrected chi connectivity index (χ1v) is 14.0. The van der Waals surface area contributed by atoms with Gasteiger partial charge < -0.3 is 14.2 Å². The van der Waals surface area contributed by atoms with Gasteiger partial charge >= 0.3 is 0 Å². The van der Waals surface area contributed by atoms with Gasteiger partial charge in [-0.2, -0.15) is 0 Å². The second-order valence-electron chi connectivity index (χ2n) is 12.1. The number of rotatable bonds is 4. The Morgan fingerprint density at radius 1 is 0.688 bits per heavy atom. The SMILES string of the molecule is COC1CCC(C2(C3CCC(OC)CC3)C=CC3C(C)C(C)C4CCCCC4C3O2)CC1. The lowest BCUT2D eigenvalue weighted by atomic mass is 9.55. The topological polar surface area (TPSA) is 27.7 Å². The van der Waals surface area contributed by atoms with E-state index in [4.69, 9.17) is 14.2 Å². The molecular weight excluding hydrogens is 396 g/mol. The molecule has 3 nitrogen and oxygen atoms in total. The van der Waals surface area contributed by atoms with Crippen molar-refractivity contribution >= 4 is 0 Å². The van der Waals surface area contributed by atoms with Crippen molar-refractivity contribution in [3.8, 4) is 0 Å². The molecule has 5 rings (SSSR count). The molecule has 0 aromatic carbocycles. The highest BCUT2D eigenvalue weighted by atomic mass is 16.5. The van der Waals surface area contributed by atoms with Gasteiger partial charge in [0.1, 0.15) is 0 Å². The van der Waals surface area contributed by atoms with Gasteiger partial charge in [0.25, 0.3) is 0 Å². The summed E-state index contributed by atoms with van der Waals surface area (Å²) >= 11 is 0. The van der Waals surface area contributed by atoms with Crippen LogP contribution in [0.5, 0.6) is 0 Å². The van der Waals surface area contributed by atoms with E-state index in [1.807, 2.05) is 14.2 Å². The molecule has 182 valence electrons. The van der Waals surface area contributed by atoms with Crippen LogP contribution in [0.4, 0.5) is 0 Å². The normalized spacial score (nSPS) is 51.6. The average Bonchev–Trinajstić information content (AvgIpc) is 2.87. The van der Waals surface area contributed by atoms with E-state index in [1.165, 1.54) is 77.0 Å². The van der Waals surface area contributed by atoms with E-state index in [-0.39, 0.29) is 5.60 Å². The van der Waals surface area contributed by atoms with Gasteiger partial charge in [-0.05, 0) is 99.7 Å². The molecule has 6 atom stereocenters. The molecule has 4 aliphatic carbocycles. The van der Waals surface area contributed by atoms with Crippen LogP contribution in [0, 0.1) is 41.4 Å². The number of fused-ring (bicyclic) bond motifs is 3. The van der Waals surface area contributed by atoms with Crippen molar-refractivity contribution < 1.29 is 14.2 Å². The lowest BCUT2D eigenvalue weighted by molar-refractivity contribution is -0.216. The third kappa shape index (κ3) is 4.03. The van der Waals surface area contributed by atoms with Gasteiger partial charge in [-0.1, -0.05) is 38.8 Å². The van der Waals surface area contributed by atoms with Crippen molar-refractivity contribution in [3.63, 3.8) is 0 Å². The van der Waals surface area contributed by atoms with E-state index < -0.39 is 0 Å². The van der Waals surface area contributed by atoms with Crippen LogP contribution in [0.3, 0.4) is 0 Å². The van der Waals surface area contributed by atoms with Crippen LogP contribution in [-0.2, 0) is 14.2 Å². The molecule has 3 heteroatoms.